The first-order valence-corrected chi connectivity index (χ1v) is 5.05. The maximum atomic E-state index is 13.0. The summed E-state index contributed by atoms with van der Waals surface area (Å²) >= 11 is 3.12. The largest absolute Gasteiger partial charge is 0.478 e. The van der Waals surface area contributed by atoms with Gasteiger partial charge in [-0.05, 0) is 26.0 Å². The number of rotatable bonds is 3. The Hall–Kier alpha value is -1.10. The lowest BCUT2D eigenvalue weighted by atomic mass is 10.1. The van der Waals surface area contributed by atoms with Gasteiger partial charge in [-0.1, -0.05) is 15.9 Å². The Bertz CT molecular complexity index is 373. The van der Waals surface area contributed by atoms with E-state index < -0.39 is 17.3 Å². The van der Waals surface area contributed by atoms with Crippen LogP contribution < -0.4 is 10.5 Å². The summed E-state index contributed by atoms with van der Waals surface area (Å²) in [6.07, 6.45) is 0. The molecule has 15 heavy (non-hydrogen) atoms. The van der Waals surface area contributed by atoms with Crippen LogP contribution in [0, 0.1) is 5.82 Å². The van der Waals surface area contributed by atoms with E-state index >= 15 is 0 Å². The Morgan fingerprint density at radius 3 is 2.53 bits per heavy atom. The van der Waals surface area contributed by atoms with Gasteiger partial charge in [-0.3, -0.25) is 4.79 Å². The fraction of sp³-hybridized carbons (Fsp3) is 0.300. The lowest BCUT2D eigenvalue weighted by molar-refractivity contribution is -0.130. The Balaban J connectivity index is 2.94. The van der Waals surface area contributed by atoms with Crippen molar-refractivity contribution in [1.29, 1.82) is 0 Å². The van der Waals surface area contributed by atoms with Crippen molar-refractivity contribution in [3.05, 3.63) is 28.5 Å². The van der Waals surface area contributed by atoms with Crippen LogP contribution in [0.1, 0.15) is 13.8 Å². The van der Waals surface area contributed by atoms with Crippen molar-refractivity contribution in [2.45, 2.75) is 19.4 Å². The molecule has 1 aromatic carbocycles. The second kappa shape index (κ2) is 4.18. The van der Waals surface area contributed by atoms with Crippen molar-refractivity contribution in [1.82, 2.24) is 0 Å². The molecule has 0 aliphatic rings. The predicted octanol–water partition coefficient (Wildman–Crippen LogP) is 2.23. The Kier molecular flexibility index (Phi) is 3.34. The minimum Gasteiger partial charge on any atom is -0.478 e. The molecule has 0 heterocycles. The van der Waals surface area contributed by atoms with Crippen LogP contribution in [0.5, 0.6) is 5.75 Å². The Morgan fingerprint density at radius 1 is 1.47 bits per heavy atom. The normalized spacial score (nSPS) is 11.2. The summed E-state index contributed by atoms with van der Waals surface area (Å²) in [5.74, 6) is -0.798. The summed E-state index contributed by atoms with van der Waals surface area (Å²) in [4.78, 5) is 11.0. The van der Waals surface area contributed by atoms with Gasteiger partial charge in [0.25, 0.3) is 5.91 Å². The van der Waals surface area contributed by atoms with E-state index in [-0.39, 0.29) is 5.75 Å². The van der Waals surface area contributed by atoms with Crippen LogP contribution in [-0.4, -0.2) is 11.5 Å². The van der Waals surface area contributed by atoms with E-state index in [1.165, 1.54) is 26.0 Å². The third-order valence-corrected chi connectivity index (χ3v) is 2.26. The van der Waals surface area contributed by atoms with Crippen molar-refractivity contribution < 1.29 is 13.9 Å². The molecule has 0 aromatic heterocycles. The van der Waals surface area contributed by atoms with Gasteiger partial charge in [0.15, 0.2) is 5.60 Å². The van der Waals surface area contributed by atoms with Gasteiger partial charge in [0.2, 0.25) is 0 Å². The maximum Gasteiger partial charge on any atom is 0.261 e. The lowest BCUT2D eigenvalue weighted by Crippen LogP contribution is -2.43. The molecule has 0 aliphatic heterocycles. The van der Waals surface area contributed by atoms with Gasteiger partial charge in [-0.2, -0.15) is 0 Å². The molecule has 0 unspecified atom stereocenters. The maximum absolute atomic E-state index is 13.0. The van der Waals surface area contributed by atoms with Crippen LogP contribution in [-0.2, 0) is 4.79 Å². The van der Waals surface area contributed by atoms with Crippen LogP contribution in [0.2, 0.25) is 0 Å². The fourth-order valence-corrected chi connectivity index (χ4v) is 1.38. The van der Waals surface area contributed by atoms with Crippen LogP contribution in [0.25, 0.3) is 0 Å². The molecule has 0 fully saturated rings. The van der Waals surface area contributed by atoms with Crippen molar-refractivity contribution in [3.63, 3.8) is 0 Å². The number of hydrogen-bond acceptors (Lipinski definition) is 2. The number of carbonyl (C=O) groups excluding carboxylic acids is 1. The monoisotopic (exact) mass is 275 g/mol. The summed E-state index contributed by atoms with van der Waals surface area (Å²) < 4.78 is 18.8. The minimum absolute atomic E-state index is 0.255. The van der Waals surface area contributed by atoms with Gasteiger partial charge in [0, 0.05) is 10.5 Å². The number of carbonyl (C=O) groups is 1. The number of nitrogens with two attached hydrogens (primary N) is 1. The summed E-state index contributed by atoms with van der Waals surface area (Å²) in [5, 5.41) is 0. The Labute approximate surface area is 95.5 Å². The highest BCUT2D eigenvalue weighted by Gasteiger charge is 2.27. The molecule has 2 N–H and O–H groups in total. The van der Waals surface area contributed by atoms with Gasteiger partial charge in [0.05, 0.1) is 0 Å². The van der Waals surface area contributed by atoms with Gasteiger partial charge >= 0.3 is 0 Å². The fourth-order valence-electron chi connectivity index (χ4n) is 0.932. The average molecular weight is 276 g/mol. The molecule has 1 rings (SSSR count). The van der Waals surface area contributed by atoms with Gasteiger partial charge < -0.3 is 10.5 Å². The third kappa shape index (κ3) is 3.20. The number of halogens is 2. The summed E-state index contributed by atoms with van der Waals surface area (Å²) in [7, 11) is 0. The molecule has 5 heteroatoms. The molecule has 1 amide bonds. The molecule has 0 saturated carbocycles. The molecule has 0 aliphatic carbocycles. The highest BCUT2D eigenvalue weighted by molar-refractivity contribution is 9.10. The SMILES string of the molecule is CC(C)(Oc1cc(F)cc(Br)c1)C(N)=O. The van der Waals surface area contributed by atoms with E-state index in [1.807, 2.05) is 0 Å². The second-order valence-corrected chi connectivity index (χ2v) is 4.50. The van der Waals surface area contributed by atoms with Crippen LogP contribution >= 0.6 is 15.9 Å². The zero-order valence-corrected chi connectivity index (χ0v) is 9.97. The zero-order chi connectivity index (χ0) is 11.6. The Morgan fingerprint density at radius 2 is 2.07 bits per heavy atom. The van der Waals surface area contributed by atoms with Crippen molar-refractivity contribution in [3.8, 4) is 5.75 Å². The van der Waals surface area contributed by atoms with Crippen molar-refractivity contribution >= 4 is 21.8 Å². The van der Waals surface area contributed by atoms with Gasteiger partial charge in [0.1, 0.15) is 11.6 Å². The van der Waals surface area contributed by atoms with E-state index in [9.17, 15) is 9.18 Å². The van der Waals surface area contributed by atoms with E-state index in [2.05, 4.69) is 15.9 Å². The van der Waals surface area contributed by atoms with Crippen LogP contribution in [0.4, 0.5) is 4.39 Å². The first-order chi connectivity index (χ1) is 6.81. The summed E-state index contributed by atoms with van der Waals surface area (Å²) in [5.41, 5.74) is 3.97. The van der Waals surface area contributed by atoms with Gasteiger partial charge in [-0.25, -0.2) is 4.39 Å². The summed E-state index contributed by atoms with van der Waals surface area (Å²) in [6, 6.07) is 4.05. The lowest BCUT2D eigenvalue weighted by Gasteiger charge is -2.22. The molecular formula is C10H11BrFNO2. The highest BCUT2D eigenvalue weighted by atomic mass is 79.9. The summed E-state index contributed by atoms with van der Waals surface area (Å²) in [6.45, 7) is 3.04. The molecular weight excluding hydrogens is 265 g/mol. The third-order valence-electron chi connectivity index (χ3n) is 1.80. The number of amides is 1. The molecule has 0 atom stereocenters. The molecule has 0 radical (unpaired) electrons. The van der Waals surface area contributed by atoms with E-state index in [4.69, 9.17) is 10.5 Å². The number of benzene rings is 1. The van der Waals surface area contributed by atoms with E-state index in [1.54, 1.807) is 6.07 Å². The minimum atomic E-state index is -1.16. The standard InChI is InChI=1S/C10H11BrFNO2/c1-10(2,9(13)14)15-8-4-6(11)3-7(12)5-8/h3-5H,1-2H3,(H2,13,14). The highest BCUT2D eigenvalue weighted by Crippen LogP contribution is 2.24. The zero-order valence-electron chi connectivity index (χ0n) is 8.38. The van der Waals surface area contributed by atoms with E-state index in [0.29, 0.717) is 4.47 Å². The second-order valence-electron chi connectivity index (χ2n) is 3.58. The predicted molar refractivity (Wildman–Crippen MR) is 58.0 cm³/mol. The quantitative estimate of drug-likeness (QED) is 0.920. The molecule has 3 nitrogen and oxygen atoms in total. The molecule has 1 aromatic rings. The smallest absolute Gasteiger partial charge is 0.261 e. The molecule has 0 saturated heterocycles. The topological polar surface area (TPSA) is 52.3 Å². The first kappa shape index (κ1) is 12.0. The number of hydrogen-bond donors (Lipinski definition) is 1. The first-order valence-electron chi connectivity index (χ1n) is 4.26. The van der Waals surface area contributed by atoms with Gasteiger partial charge in [-0.15, -0.1) is 0 Å². The molecule has 0 bridgehead atoms. The molecule has 82 valence electrons. The molecule has 0 spiro atoms. The number of primary amides is 1. The van der Waals surface area contributed by atoms with Crippen molar-refractivity contribution in [2.75, 3.05) is 0 Å². The average Bonchev–Trinajstić information content (AvgIpc) is 1.99. The van der Waals surface area contributed by atoms with Crippen molar-refractivity contribution in [2.24, 2.45) is 5.73 Å². The number of ether oxygens (including phenoxy) is 1. The van der Waals surface area contributed by atoms with Crippen LogP contribution in [0.15, 0.2) is 22.7 Å². The van der Waals surface area contributed by atoms with E-state index in [0.717, 1.165) is 0 Å². The van der Waals surface area contributed by atoms with Crippen LogP contribution in [0.3, 0.4) is 0 Å².